The van der Waals surface area contributed by atoms with Gasteiger partial charge in [-0.25, -0.2) is 0 Å². The normalized spacial score (nSPS) is 18.5. The van der Waals surface area contributed by atoms with E-state index in [2.05, 4.69) is 24.5 Å². The lowest BCUT2D eigenvalue weighted by Crippen LogP contribution is -2.35. The highest BCUT2D eigenvalue weighted by molar-refractivity contribution is 7.81. The molecule has 1 heterocycles. The van der Waals surface area contributed by atoms with Gasteiger partial charge in [0.05, 0.1) is 5.25 Å². The van der Waals surface area contributed by atoms with Crippen LogP contribution in [-0.2, 0) is 14.4 Å². The molecule has 0 spiro atoms. The SMILES string of the molecule is C=C1CC(S)C(=O)N1CCNC(=O)CCCCC(C)=O. The molecule has 0 aliphatic carbocycles. The van der Waals surface area contributed by atoms with Crippen molar-refractivity contribution < 1.29 is 14.4 Å². The van der Waals surface area contributed by atoms with Crippen molar-refractivity contribution in [2.75, 3.05) is 13.1 Å². The predicted molar refractivity (Wildman–Crippen MR) is 80.4 cm³/mol. The van der Waals surface area contributed by atoms with Crippen molar-refractivity contribution in [2.24, 2.45) is 0 Å². The molecule has 0 radical (unpaired) electrons. The van der Waals surface area contributed by atoms with E-state index in [1.54, 1.807) is 11.8 Å². The van der Waals surface area contributed by atoms with Crippen LogP contribution in [0.15, 0.2) is 12.3 Å². The summed E-state index contributed by atoms with van der Waals surface area (Å²) in [6.45, 7) is 6.23. The molecule has 0 aromatic carbocycles. The molecule has 1 unspecified atom stereocenters. The van der Waals surface area contributed by atoms with E-state index in [0.717, 1.165) is 12.1 Å². The number of thiol groups is 1. The Morgan fingerprint density at radius 1 is 1.40 bits per heavy atom. The Morgan fingerprint density at radius 2 is 2.05 bits per heavy atom. The molecular weight excluding hydrogens is 276 g/mol. The average molecular weight is 298 g/mol. The number of ketones is 1. The molecule has 2 amide bonds. The Kier molecular flexibility index (Phi) is 6.78. The van der Waals surface area contributed by atoms with Gasteiger partial charge in [0.15, 0.2) is 0 Å². The predicted octanol–water partition coefficient (Wildman–Crippen LogP) is 1.30. The number of hydrogen-bond acceptors (Lipinski definition) is 4. The third-order valence-corrected chi connectivity index (χ3v) is 3.61. The van der Waals surface area contributed by atoms with Crippen molar-refractivity contribution in [3.05, 3.63) is 12.3 Å². The summed E-state index contributed by atoms with van der Waals surface area (Å²) < 4.78 is 0. The summed E-state index contributed by atoms with van der Waals surface area (Å²) in [5, 5.41) is 2.47. The van der Waals surface area contributed by atoms with E-state index in [1.807, 2.05) is 0 Å². The summed E-state index contributed by atoms with van der Waals surface area (Å²) in [4.78, 5) is 35.6. The number of nitrogens with zero attached hydrogens (tertiary/aromatic N) is 1. The molecule has 1 aliphatic heterocycles. The number of carbonyl (C=O) groups is 3. The number of unbranched alkanes of at least 4 members (excludes halogenated alkanes) is 1. The standard InChI is InChI=1S/C14H22N2O3S/c1-10-9-12(20)14(19)16(10)8-7-15-13(18)6-4-3-5-11(2)17/h12,20H,1,3-9H2,2H3,(H,15,18). The quantitative estimate of drug-likeness (QED) is 0.524. The van der Waals surface area contributed by atoms with Gasteiger partial charge < -0.3 is 15.0 Å². The van der Waals surface area contributed by atoms with Gasteiger partial charge in [-0.15, -0.1) is 0 Å². The van der Waals surface area contributed by atoms with E-state index in [-0.39, 0.29) is 22.8 Å². The Balaban J connectivity index is 2.14. The zero-order valence-corrected chi connectivity index (χ0v) is 12.7. The van der Waals surface area contributed by atoms with Gasteiger partial charge in [-0.1, -0.05) is 6.58 Å². The molecule has 5 nitrogen and oxygen atoms in total. The van der Waals surface area contributed by atoms with Gasteiger partial charge in [0.2, 0.25) is 11.8 Å². The largest absolute Gasteiger partial charge is 0.354 e. The van der Waals surface area contributed by atoms with Crippen molar-refractivity contribution in [1.29, 1.82) is 0 Å². The van der Waals surface area contributed by atoms with Gasteiger partial charge >= 0.3 is 0 Å². The second-order valence-electron chi connectivity index (χ2n) is 5.04. The van der Waals surface area contributed by atoms with E-state index in [4.69, 9.17) is 0 Å². The first-order chi connectivity index (χ1) is 9.41. The van der Waals surface area contributed by atoms with Gasteiger partial charge in [0, 0.05) is 38.0 Å². The minimum Gasteiger partial charge on any atom is -0.354 e. The van der Waals surface area contributed by atoms with Crippen LogP contribution >= 0.6 is 12.6 Å². The molecule has 0 bridgehead atoms. The fourth-order valence-electron chi connectivity index (χ4n) is 2.08. The lowest BCUT2D eigenvalue weighted by molar-refractivity contribution is -0.127. The minimum atomic E-state index is -0.301. The molecule has 1 rings (SSSR count). The molecule has 0 saturated carbocycles. The molecule has 6 heteroatoms. The lowest BCUT2D eigenvalue weighted by Gasteiger charge is -2.17. The van der Waals surface area contributed by atoms with Crippen molar-refractivity contribution in [3.8, 4) is 0 Å². The molecule has 112 valence electrons. The zero-order chi connectivity index (χ0) is 15.1. The van der Waals surface area contributed by atoms with E-state index < -0.39 is 0 Å². The highest BCUT2D eigenvalue weighted by Gasteiger charge is 2.31. The zero-order valence-electron chi connectivity index (χ0n) is 11.9. The van der Waals surface area contributed by atoms with E-state index in [9.17, 15) is 14.4 Å². The summed E-state index contributed by atoms with van der Waals surface area (Å²) in [5.41, 5.74) is 0.755. The van der Waals surface area contributed by atoms with Gasteiger partial charge in [-0.3, -0.25) is 9.59 Å². The second kappa shape index (κ2) is 8.09. The van der Waals surface area contributed by atoms with E-state index in [0.29, 0.717) is 38.8 Å². The number of likely N-dealkylation sites (tertiary alicyclic amines) is 1. The lowest BCUT2D eigenvalue weighted by atomic mass is 10.1. The molecule has 1 aliphatic rings. The molecular formula is C14H22N2O3S. The van der Waals surface area contributed by atoms with Crippen LogP contribution in [0.5, 0.6) is 0 Å². The fourth-order valence-corrected chi connectivity index (χ4v) is 2.43. The van der Waals surface area contributed by atoms with Crippen molar-refractivity contribution in [2.45, 2.75) is 44.3 Å². The topological polar surface area (TPSA) is 66.5 Å². The number of allylic oxidation sites excluding steroid dienone is 1. The third kappa shape index (κ3) is 5.36. The molecule has 1 atom stereocenters. The maximum Gasteiger partial charge on any atom is 0.240 e. The highest BCUT2D eigenvalue weighted by atomic mass is 32.1. The Hall–Kier alpha value is -1.30. The maximum absolute atomic E-state index is 11.7. The molecule has 1 N–H and O–H groups in total. The van der Waals surface area contributed by atoms with Crippen LogP contribution in [0.25, 0.3) is 0 Å². The smallest absolute Gasteiger partial charge is 0.240 e. The summed E-state index contributed by atoms with van der Waals surface area (Å²) in [6, 6.07) is 0. The first-order valence-corrected chi connectivity index (χ1v) is 7.37. The van der Waals surface area contributed by atoms with Gasteiger partial charge in [0.1, 0.15) is 5.78 Å². The minimum absolute atomic E-state index is 0.0472. The first-order valence-electron chi connectivity index (χ1n) is 6.85. The first kappa shape index (κ1) is 16.8. The molecule has 1 saturated heterocycles. The number of amides is 2. The number of nitrogens with one attached hydrogen (secondary N) is 1. The Labute approximate surface area is 125 Å². The van der Waals surface area contributed by atoms with Gasteiger partial charge in [-0.2, -0.15) is 12.6 Å². The van der Waals surface area contributed by atoms with Crippen LogP contribution in [0.4, 0.5) is 0 Å². The number of Topliss-reactive ketones (excluding diaryl/α,β-unsaturated/α-hetero) is 1. The van der Waals surface area contributed by atoms with Crippen molar-refractivity contribution >= 4 is 30.2 Å². The van der Waals surface area contributed by atoms with Crippen LogP contribution in [-0.4, -0.2) is 40.8 Å². The van der Waals surface area contributed by atoms with Gasteiger partial charge in [0.25, 0.3) is 0 Å². The van der Waals surface area contributed by atoms with Crippen molar-refractivity contribution in [3.63, 3.8) is 0 Å². The summed E-state index contributed by atoms with van der Waals surface area (Å²) >= 11 is 4.18. The fraction of sp³-hybridized carbons (Fsp3) is 0.643. The summed E-state index contributed by atoms with van der Waals surface area (Å²) in [5.74, 6) is 0.0556. The Bertz CT molecular complexity index is 409. The molecule has 0 aromatic heterocycles. The molecule has 0 aromatic rings. The monoisotopic (exact) mass is 298 g/mol. The highest BCUT2D eigenvalue weighted by Crippen LogP contribution is 2.24. The maximum atomic E-state index is 11.7. The van der Waals surface area contributed by atoms with Crippen LogP contribution in [0.2, 0.25) is 0 Å². The van der Waals surface area contributed by atoms with Gasteiger partial charge in [-0.05, 0) is 19.8 Å². The summed E-state index contributed by atoms with van der Waals surface area (Å²) in [6.07, 6.45) is 2.96. The Morgan fingerprint density at radius 3 is 2.60 bits per heavy atom. The average Bonchev–Trinajstić information content (AvgIpc) is 2.61. The number of hydrogen-bond donors (Lipinski definition) is 2. The van der Waals surface area contributed by atoms with Crippen LogP contribution in [0, 0.1) is 0 Å². The van der Waals surface area contributed by atoms with E-state index >= 15 is 0 Å². The number of rotatable bonds is 8. The summed E-state index contributed by atoms with van der Waals surface area (Å²) in [7, 11) is 0. The van der Waals surface area contributed by atoms with Crippen LogP contribution in [0.3, 0.4) is 0 Å². The second-order valence-corrected chi connectivity index (χ2v) is 5.66. The van der Waals surface area contributed by atoms with Crippen LogP contribution < -0.4 is 5.32 Å². The third-order valence-electron chi connectivity index (χ3n) is 3.20. The molecule has 1 fully saturated rings. The molecule has 20 heavy (non-hydrogen) atoms. The van der Waals surface area contributed by atoms with Crippen molar-refractivity contribution in [1.82, 2.24) is 10.2 Å². The van der Waals surface area contributed by atoms with E-state index in [1.165, 1.54) is 0 Å². The van der Waals surface area contributed by atoms with Crippen LogP contribution in [0.1, 0.15) is 39.0 Å². The number of carbonyl (C=O) groups excluding carboxylic acids is 3.